The fraction of sp³-hybridized carbons (Fsp3) is 0.400. The molecule has 18 heavy (non-hydrogen) atoms. The SMILES string of the molecule is Cc1cc(Br)cnc1N1CC(S(=O)(=O)F)CC1=O. The van der Waals surface area contributed by atoms with Gasteiger partial charge in [0.15, 0.2) is 0 Å². The maximum atomic E-state index is 12.9. The van der Waals surface area contributed by atoms with Crippen LogP contribution in [0.5, 0.6) is 0 Å². The predicted molar refractivity (Wildman–Crippen MR) is 67.5 cm³/mol. The molecule has 5 nitrogen and oxygen atoms in total. The molecule has 0 aromatic carbocycles. The van der Waals surface area contributed by atoms with E-state index >= 15 is 0 Å². The summed E-state index contributed by atoms with van der Waals surface area (Å²) >= 11 is 3.24. The lowest BCUT2D eigenvalue weighted by molar-refractivity contribution is -0.117. The highest BCUT2D eigenvalue weighted by atomic mass is 79.9. The van der Waals surface area contributed by atoms with E-state index in [1.54, 1.807) is 13.0 Å². The van der Waals surface area contributed by atoms with Crippen LogP contribution in [0.25, 0.3) is 0 Å². The molecule has 1 aromatic heterocycles. The van der Waals surface area contributed by atoms with E-state index in [0.29, 0.717) is 5.82 Å². The molecule has 0 radical (unpaired) electrons. The van der Waals surface area contributed by atoms with Gasteiger partial charge in [-0.15, -0.1) is 3.89 Å². The number of pyridine rings is 1. The molecular formula is C10H10BrFN2O3S. The van der Waals surface area contributed by atoms with Crippen LogP contribution < -0.4 is 4.90 Å². The van der Waals surface area contributed by atoms with Gasteiger partial charge in [-0.05, 0) is 34.5 Å². The first-order valence-corrected chi connectivity index (χ1v) is 7.39. The molecule has 1 unspecified atom stereocenters. The number of halogens is 2. The third-order valence-corrected chi connectivity index (χ3v) is 4.31. The Hall–Kier alpha value is -1.02. The van der Waals surface area contributed by atoms with Crippen LogP contribution in [0.3, 0.4) is 0 Å². The third-order valence-electron chi connectivity index (χ3n) is 2.76. The van der Waals surface area contributed by atoms with Crippen molar-refractivity contribution in [1.29, 1.82) is 0 Å². The number of nitrogens with zero attached hydrogens (tertiary/aromatic N) is 2. The summed E-state index contributed by atoms with van der Waals surface area (Å²) in [6, 6.07) is 1.76. The van der Waals surface area contributed by atoms with Gasteiger partial charge in [0.1, 0.15) is 11.1 Å². The standard InChI is InChI=1S/C10H10BrFN2O3S/c1-6-2-7(11)4-13-10(6)14-5-8(3-9(14)15)18(12,16)17/h2,4,8H,3,5H2,1H3. The summed E-state index contributed by atoms with van der Waals surface area (Å²) in [7, 11) is -4.70. The Morgan fingerprint density at radius 3 is 2.72 bits per heavy atom. The maximum absolute atomic E-state index is 12.9. The topological polar surface area (TPSA) is 67.3 Å². The Bertz CT molecular complexity index is 605. The van der Waals surface area contributed by atoms with E-state index in [1.807, 2.05) is 0 Å². The summed E-state index contributed by atoms with van der Waals surface area (Å²) in [5, 5.41) is -1.30. The predicted octanol–water partition coefficient (Wildman–Crippen LogP) is 1.56. The Labute approximate surface area is 112 Å². The van der Waals surface area contributed by atoms with Crippen LogP contribution in [0.2, 0.25) is 0 Å². The van der Waals surface area contributed by atoms with Crippen LogP contribution in [-0.4, -0.2) is 31.1 Å². The van der Waals surface area contributed by atoms with Crippen molar-refractivity contribution >= 4 is 37.9 Å². The van der Waals surface area contributed by atoms with E-state index in [0.717, 1.165) is 10.0 Å². The number of aromatic nitrogens is 1. The fourth-order valence-electron chi connectivity index (χ4n) is 1.88. The zero-order chi connectivity index (χ0) is 13.5. The quantitative estimate of drug-likeness (QED) is 0.768. The Kier molecular flexibility index (Phi) is 3.41. The van der Waals surface area contributed by atoms with Crippen molar-refractivity contribution in [3.05, 3.63) is 22.3 Å². The van der Waals surface area contributed by atoms with E-state index in [1.165, 1.54) is 11.1 Å². The summed E-state index contributed by atoms with van der Waals surface area (Å²) in [6.07, 6.45) is 1.17. The van der Waals surface area contributed by atoms with Crippen LogP contribution in [-0.2, 0) is 15.0 Å². The van der Waals surface area contributed by atoms with Gasteiger partial charge in [0.25, 0.3) is 0 Å². The highest BCUT2D eigenvalue weighted by molar-refractivity contribution is 9.10. The zero-order valence-corrected chi connectivity index (χ0v) is 11.8. The molecule has 0 N–H and O–H groups in total. The van der Waals surface area contributed by atoms with Gasteiger partial charge in [-0.25, -0.2) is 4.98 Å². The minimum Gasteiger partial charge on any atom is -0.295 e. The molecule has 0 saturated carbocycles. The van der Waals surface area contributed by atoms with Gasteiger partial charge in [0, 0.05) is 23.6 Å². The van der Waals surface area contributed by atoms with Crippen LogP contribution in [0, 0.1) is 6.92 Å². The van der Waals surface area contributed by atoms with Gasteiger partial charge < -0.3 is 0 Å². The largest absolute Gasteiger partial charge is 0.307 e. The van der Waals surface area contributed by atoms with Gasteiger partial charge in [-0.3, -0.25) is 9.69 Å². The number of amides is 1. The Morgan fingerprint density at radius 2 is 2.22 bits per heavy atom. The van der Waals surface area contributed by atoms with Gasteiger partial charge in [-0.2, -0.15) is 8.42 Å². The molecule has 2 heterocycles. The molecule has 0 aliphatic carbocycles. The van der Waals surface area contributed by atoms with Gasteiger partial charge >= 0.3 is 10.2 Å². The van der Waals surface area contributed by atoms with Gasteiger partial charge in [-0.1, -0.05) is 0 Å². The van der Waals surface area contributed by atoms with Gasteiger partial charge in [0.05, 0.1) is 0 Å². The molecular weight excluding hydrogens is 327 g/mol. The number of carbonyl (C=O) groups is 1. The monoisotopic (exact) mass is 336 g/mol. The highest BCUT2D eigenvalue weighted by Gasteiger charge is 2.39. The van der Waals surface area contributed by atoms with Crippen LogP contribution in [0.4, 0.5) is 9.70 Å². The molecule has 1 fully saturated rings. The summed E-state index contributed by atoms with van der Waals surface area (Å²) in [6.45, 7) is 1.56. The third kappa shape index (κ3) is 2.54. The van der Waals surface area contributed by atoms with Crippen molar-refractivity contribution < 1.29 is 17.1 Å². The average Bonchev–Trinajstić information content (AvgIpc) is 2.60. The fourth-order valence-corrected chi connectivity index (χ4v) is 3.00. The van der Waals surface area contributed by atoms with E-state index in [9.17, 15) is 17.1 Å². The minimum atomic E-state index is -4.70. The second-order valence-corrected chi connectivity index (χ2v) is 6.63. The Morgan fingerprint density at radius 1 is 1.56 bits per heavy atom. The number of anilines is 1. The number of rotatable bonds is 2. The first-order valence-electron chi connectivity index (χ1n) is 5.15. The minimum absolute atomic E-state index is 0.187. The van der Waals surface area contributed by atoms with Crippen molar-refractivity contribution in [1.82, 2.24) is 4.98 Å². The first-order chi connectivity index (χ1) is 8.29. The molecule has 1 saturated heterocycles. The van der Waals surface area contributed by atoms with Crippen LogP contribution in [0.15, 0.2) is 16.7 Å². The van der Waals surface area contributed by atoms with Crippen molar-refractivity contribution in [3.8, 4) is 0 Å². The summed E-state index contributed by atoms with van der Waals surface area (Å²) in [5.41, 5.74) is 0.717. The van der Waals surface area contributed by atoms with E-state index in [-0.39, 0.29) is 13.0 Å². The molecule has 0 spiro atoms. The maximum Gasteiger partial charge on any atom is 0.307 e. The molecule has 1 aromatic rings. The first kappa shape index (κ1) is 13.4. The molecule has 1 atom stereocenters. The summed E-state index contributed by atoms with van der Waals surface area (Å²) in [5.74, 6) is -0.0616. The lowest BCUT2D eigenvalue weighted by Gasteiger charge is -2.17. The molecule has 98 valence electrons. The smallest absolute Gasteiger partial charge is 0.295 e. The van der Waals surface area contributed by atoms with Gasteiger partial charge in [0.2, 0.25) is 5.91 Å². The van der Waals surface area contributed by atoms with E-state index in [4.69, 9.17) is 0 Å². The van der Waals surface area contributed by atoms with E-state index < -0.39 is 21.4 Å². The molecule has 2 rings (SSSR count). The lowest BCUT2D eigenvalue weighted by Crippen LogP contribution is -2.28. The van der Waals surface area contributed by atoms with Crippen molar-refractivity contribution in [2.75, 3.05) is 11.4 Å². The van der Waals surface area contributed by atoms with Crippen LogP contribution >= 0.6 is 15.9 Å². The molecule has 0 bridgehead atoms. The normalized spacial score (nSPS) is 20.5. The summed E-state index contributed by atoms with van der Waals surface area (Å²) < 4.78 is 35.3. The number of carbonyl (C=O) groups excluding carboxylic acids is 1. The average molecular weight is 337 g/mol. The molecule has 8 heteroatoms. The second-order valence-electron chi connectivity index (χ2n) is 4.10. The molecule has 1 aliphatic rings. The van der Waals surface area contributed by atoms with Crippen LogP contribution in [0.1, 0.15) is 12.0 Å². The number of hydrogen-bond acceptors (Lipinski definition) is 4. The number of aryl methyl sites for hydroxylation is 1. The Balaban J connectivity index is 2.33. The van der Waals surface area contributed by atoms with Crippen molar-refractivity contribution in [2.45, 2.75) is 18.6 Å². The lowest BCUT2D eigenvalue weighted by atomic mass is 10.3. The molecule has 1 aliphatic heterocycles. The molecule has 1 amide bonds. The zero-order valence-electron chi connectivity index (χ0n) is 9.43. The summed E-state index contributed by atoms with van der Waals surface area (Å²) in [4.78, 5) is 17.0. The van der Waals surface area contributed by atoms with Crippen molar-refractivity contribution in [3.63, 3.8) is 0 Å². The van der Waals surface area contributed by atoms with E-state index in [2.05, 4.69) is 20.9 Å². The second kappa shape index (κ2) is 4.58. The number of hydrogen-bond donors (Lipinski definition) is 0. The highest BCUT2D eigenvalue weighted by Crippen LogP contribution is 2.27. The van der Waals surface area contributed by atoms with Crippen molar-refractivity contribution in [2.24, 2.45) is 0 Å².